The molecule has 6 heteroatoms. The average molecular weight is 1030 g/mol. The Bertz CT molecular complexity index is 1510. The lowest BCUT2D eigenvalue weighted by Gasteiger charge is -2.18. The zero-order valence-corrected chi connectivity index (χ0v) is 48.3. The van der Waals surface area contributed by atoms with E-state index in [1.807, 2.05) is 6.08 Å². The fourth-order valence-electron chi connectivity index (χ4n) is 8.44. The molecule has 0 heterocycles. The SMILES string of the molecule is CC/C=C\C/C=C\C/C=C\C/C=C\CCCCCCCCCCCCCCC(=O)OCC(COC(=O)CC/C=C\C/C=C\C/C=C\C/C=C\CC)OC(=O)CCCCCCCCC/C=C\CCCCCCCCC. The highest BCUT2D eigenvalue weighted by atomic mass is 16.6. The van der Waals surface area contributed by atoms with E-state index < -0.39 is 6.10 Å². The van der Waals surface area contributed by atoms with E-state index in [0.717, 1.165) is 89.9 Å². The maximum absolute atomic E-state index is 12.9. The molecule has 0 aromatic carbocycles. The molecule has 6 nitrogen and oxygen atoms in total. The fourth-order valence-corrected chi connectivity index (χ4v) is 8.44. The molecule has 1 unspecified atom stereocenters. The van der Waals surface area contributed by atoms with Crippen LogP contribution in [0, 0.1) is 0 Å². The van der Waals surface area contributed by atoms with E-state index in [1.165, 1.54) is 148 Å². The molecule has 0 fully saturated rings. The highest BCUT2D eigenvalue weighted by Gasteiger charge is 2.19. The first kappa shape index (κ1) is 70.1. The van der Waals surface area contributed by atoms with Crippen LogP contribution in [0.4, 0.5) is 0 Å². The summed E-state index contributed by atoms with van der Waals surface area (Å²) < 4.78 is 16.8. The molecular formula is C68H114O6. The van der Waals surface area contributed by atoms with Gasteiger partial charge in [0.25, 0.3) is 0 Å². The fraction of sp³-hybridized carbons (Fsp3) is 0.691. The van der Waals surface area contributed by atoms with Gasteiger partial charge in [-0.2, -0.15) is 0 Å². The minimum Gasteiger partial charge on any atom is -0.462 e. The minimum atomic E-state index is -0.812. The first-order valence-corrected chi connectivity index (χ1v) is 30.9. The molecule has 0 aromatic rings. The normalized spacial score (nSPS) is 12.9. The van der Waals surface area contributed by atoms with Crippen LogP contribution in [0.3, 0.4) is 0 Å². The van der Waals surface area contributed by atoms with E-state index in [0.29, 0.717) is 19.3 Å². The van der Waals surface area contributed by atoms with Gasteiger partial charge in [0.15, 0.2) is 6.10 Å². The molecule has 0 aliphatic rings. The largest absolute Gasteiger partial charge is 0.462 e. The van der Waals surface area contributed by atoms with E-state index in [-0.39, 0.29) is 37.5 Å². The Morgan fingerprint density at radius 3 is 0.919 bits per heavy atom. The van der Waals surface area contributed by atoms with Crippen molar-refractivity contribution >= 4 is 17.9 Å². The Balaban J connectivity index is 4.36. The summed E-state index contributed by atoms with van der Waals surface area (Å²) in [5.74, 6) is -0.989. The van der Waals surface area contributed by atoms with Gasteiger partial charge in [0.1, 0.15) is 13.2 Å². The third-order valence-electron chi connectivity index (χ3n) is 13.0. The van der Waals surface area contributed by atoms with Gasteiger partial charge in [-0.25, -0.2) is 0 Å². The monoisotopic (exact) mass is 1030 g/mol. The van der Waals surface area contributed by atoms with Crippen molar-refractivity contribution in [3.63, 3.8) is 0 Å². The Kier molecular flexibility index (Phi) is 58.3. The number of unbranched alkanes of at least 4 members (excludes halogenated alkanes) is 26. The molecular weight excluding hydrogens is 913 g/mol. The predicted molar refractivity (Wildman–Crippen MR) is 320 cm³/mol. The zero-order valence-electron chi connectivity index (χ0n) is 48.3. The highest BCUT2D eigenvalue weighted by Crippen LogP contribution is 2.16. The number of carbonyl (C=O) groups excluding carboxylic acids is 3. The smallest absolute Gasteiger partial charge is 0.306 e. The van der Waals surface area contributed by atoms with Crippen molar-refractivity contribution in [1.29, 1.82) is 0 Å². The van der Waals surface area contributed by atoms with Gasteiger partial charge in [-0.15, -0.1) is 0 Å². The molecule has 74 heavy (non-hydrogen) atoms. The molecule has 0 saturated carbocycles. The summed E-state index contributed by atoms with van der Waals surface area (Å²) in [6.07, 6.45) is 83.9. The van der Waals surface area contributed by atoms with Crippen LogP contribution in [0.25, 0.3) is 0 Å². The van der Waals surface area contributed by atoms with E-state index >= 15 is 0 Å². The second-order valence-electron chi connectivity index (χ2n) is 20.2. The number of hydrogen-bond acceptors (Lipinski definition) is 6. The van der Waals surface area contributed by atoms with Crippen molar-refractivity contribution in [3.05, 3.63) is 109 Å². The molecule has 0 saturated heterocycles. The van der Waals surface area contributed by atoms with Crippen LogP contribution in [-0.4, -0.2) is 37.2 Å². The lowest BCUT2D eigenvalue weighted by atomic mass is 10.0. The molecule has 0 aliphatic heterocycles. The summed E-state index contributed by atoms with van der Waals surface area (Å²) in [5, 5.41) is 0. The molecule has 0 rings (SSSR count). The lowest BCUT2D eigenvalue weighted by molar-refractivity contribution is -0.166. The van der Waals surface area contributed by atoms with Gasteiger partial charge >= 0.3 is 17.9 Å². The summed E-state index contributed by atoms with van der Waals surface area (Å²) in [6.45, 7) is 6.36. The Morgan fingerprint density at radius 2 is 0.554 bits per heavy atom. The summed E-state index contributed by atoms with van der Waals surface area (Å²) in [6, 6.07) is 0. The van der Waals surface area contributed by atoms with Crippen molar-refractivity contribution < 1.29 is 28.6 Å². The molecule has 0 aromatic heterocycles. The first-order valence-electron chi connectivity index (χ1n) is 30.9. The molecule has 0 bridgehead atoms. The molecule has 0 N–H and O–H groups in total. The molecule has 0 amide bonds. The Morgan fingerprint density at radius 1 is 0.284 bits per heavy atom. The van der Waals surface area contributed by atoms with Crippen LogP contribution in [0.5, 0.6) is 0 Å². The van der Waals surface area contributed by atoms with Crippen LogP contribution in [-0.2, 0) is 28.6 Å². The van der Waals surface area contributed by atoms with Gasteiger partial charge in [-0.05, 0) is 109 Å². The summed E-state index contributed by atoms with van der Waals surface area (Å²) in [4.78, 5) is 38.2. The zero-order chi connectivity index (χ0) is 53.6. The van der Waals surface area contributed by atoms with Crippen LogP contribution in [0.2, 0.25) is 0 Å². The molecule has 0 radical (unpaired) electrons. The van der Waals surface area contributed by atoms with Crippen LogP contribution in [0.15, 0.2) is 109 Å². The van der Waals surface area contributed by atoms with Gasteiger partial charge in [-0.3, -0.25) is 14.4 Å². The van der Waals surface area contributed by atoms with E-state index in [4.69, 9.17) is 14.2 Å². The number of esters is 3. The molecule has 0 aliphatic carbocycles. The van der Waals surface area contributed by atoms with Gasteiger partial charge in [0.2, 0.25) is 0 Å². The lowest BCUT2D eigenvalue weighted by Crippen LogP contribution is -2.30. The number of ether oxygens (including phenoxy) is 3. The molecule has 422 valence electrons. The first-order chi connectivity index (χ1) is 36.5. The molecule has 0 spiro atoms. The topological polar surface area (TPSA) is 78.9 Å². The summed E-state index contributed by atoms with van der Waals surface area (Å²) >= 11 is 0. The molecule has 1 atom stereocenters. The van der Waals surface area contributed by atoms with Crippen molar-refractivity contribution in [2.75, 3.05) is 13.2 Å². The van der Waals surface area contributed by atoms with E-state index in [9.17, 15) is 14.4 Å². The van der Waals surface area contributed by atoms with Gasteiger partial charge < -0.3 is 14.2 Å². The van der Waals surface area contributed by atoms with Crippen molar-refractivity contribution in [3.8, 4) is 0 Å². The van der Waals surface area contributed by atoms with Crippen molar-refractivity contribution in [2.24, 2.45) is 0 Å². The minimum absolute atomic E-state index is 0.103. The van der Waals surface area contributed by atoms with Crippen molar-refractivity contribution in [2.45, 2.75) is 290 Å². The van der Waals surface area contributed by atoms with E-state index in [2.05, 4.69) is 124 Å². The number of hydrogen-bond donors (Lipinski definition) is 0. The Labute approximate surface area is 457 Å². The van der Waals surface area contributed by atoms with Crippen LogP contribution < -0.4 is 0 Å². The number of allylic oxidation sites excluding steroid dienone is 18. The average Bonchev–Trinajstić information content (AvgIpc) is 3.40. The Hall–Kier alpha value is -3.93. The predicted octanol–water partition coefficient (Wildman–Crippen LogP) is 21.0. The number of carbonyl (C=O) groups is 3. The highest BCUT2D eigenvalue weighted by molar-refractivity contribution is 5.71. The second kappa shape index (κ2) is 61.6. The van der Waals surface area contributed by atoms with Crippen molar-refractivity contribution in [1.82, 2.24) is 0 Å². The van der Waals surface area contributed by atoms with Gasteiger partial charge in [-0.1, -0.05) is 265 Å². The van der Waals surface area contributed by atoms with Crippen LogP contribution >= 0.6 is 0 Å². The van der Waals surface area contributed by atoms with E-state index in [1.54, 1.807) is 0 Å². The third-order valence-corrected chi connectivity index (χ3v) is 13.0. The maximum atomic E-state index is 12.9. The quantitative estimate of drug-likeness (QED) is 0.0261. The second-order valence-corrected chi connectivity index (χ2v) is 20.2. The third kappa shape index (κ3) is 59.0. The number of rotatable bonds is 55. The summed E-state index contributed by atoms with van der Waals surface area (Å²) in [5.41, 5.74) is 0. The maximum Gasteiger partial charge on any atom is 0.306 e. The van der Waals surface area contributed by atoms with Crippen LogP contribution in [0.1, 0.15) is 284 Å². The van der Waals surface area contributed by atoms with Gasteiger partial charge in [0, 0.05) is 19.3 Å². The van der Waals surface area contributed by atoms with Gasteiger partial charge in [0.05, 0.1) is 0 Å². The standard InChI is InChI=1S/C68H114O6/c1-4-7-10-13-16-19-22-25-27-29-31-32-33-34-35-36-37-39-40-43-46-49-52-55-58-61-67(70)73-64-65(63-72-66(69)60-57-54-51-48-45-42-24-21-18-15-12-9-6-3)74-68(71)62-59-56-53-50-47-44-41-38-30-28-26-23-20-17-14-11-8-5-2/h7,9-10,12,16,18-19,21,25,27-28,30-32,42,45,51,54,65H,4-6,8,11,13-15,17,20,22-24,26,29,33-41,43-44,46-50,52-53,55-64H2,1-3H3/b10-7-,12-9-,19-16-,21-18-,27-25-,30-28-,32-31-,45-42-,54-51-. The summed E-state index contributed by atoms with van der Waals surface area (Å²) in [7, 11) is 0.